The zero-order chi connectivity index (χ0) is 13.0. The van der Waals surface area contributed by atoms with Gasteiger partial charge in [0.15, 0.2) is 0 Å². The minimum Gasteiger partial charge on any atom is -0.363 e. The van der Waals surface area contributed by atoms with Gasteiger partial charge in [0.05, 0.1) is 9.95 Å². The van der Waals surface area contributed by atoms with Crippen molar-refractivity contribution in [3.63, 3.8) is 0 Å². The summed E-state index contributed by atoms with van der Waals surface area (Å²) >= 11 is 5.70. The van der Waals surface area contributed by atoms with E-state index in [2.05, 4.69) is 15.6 Å². The highest BCUT2D eigenvalue weighted by Crippen LogP contribution is 2.25. The Balaban J connectivity index is 2.01. The third kappa shape index (κ3) is 3.30. The molecule has 0 spiro atoms. The summed E-state index contributed by atoms with van der Waals surface area (Å²) < 4.78 is 0. The van der Waals surface area contributed by atoms with Crippen molar-refractivity contribution in [1.82, 2.24) is 10.3 Å². The van der Waals surface area contributed by atoms with Gasteiger partial charge in [-0.2, -0.15) is 0 Å². The van der Waals surface area contributed by atoms with Gasteiger partial charge in [0.25, 0.3) is 0 Å². The lowest BCUT2D eigenvalue weighted by atomic mass is 10.1. The Bertz CT molecular complexity index is 435. The molecule has 2 N–H and O–H groups in total. The maximum Gasteiger partial charge on any atom is 0.312 e. The van der Waals surface area contributed by atoms with Gasteiger partial charge < -0.3 is 10.6 Å². The van der Waals surface area contributed by atoms with Crippen LogP contribution in [0.25, 0.3) is 0 Å². The molecule has 0 amide bonds. The number of rotatable bonds is 4. The maximum atomic E-state index is 10.9. The summed E-state index contributed by atoms with van der Waals surface area (Å²) in [7, 11) is 0. The fraction of sp³-hybridized carbons (Fsp3) is 0.545. The van der Waals surface area contributed by atoms with E-state index in [1.54, 1.807) is 0 Å². The van der Waals surface area contributed by atoms with Crippen LogP contribution in [0.4, 0.5) is 11.5 Å². The lowest BCUT2D eigenvalue weighted by Crippen LogP contribution is -2.39. The summed E-state index contributed by atoms with van der Waals surface area (Å²) in [5, 5.41) is 17.5. The molecule has 0 aromatic carbocycles. The molecule has 18 heavy (non-hydrogen) atoms. The Labute approximate surface area is 110 Å². The number of hydrogen-bond acceptors (Lipinski definition) is 5. The predicted octanol–water partition coefficient (Wildman–Crippen LogP) is 2.20. The Morgan fingerprint density at radius 3 is 3.11 bits per heavy atom. The number of pyridine rings is 1. The van der Waals surface area contributed by atoms with Gasteiger partial charge in [-0.05, 0) is 19.4 Å². The van der Waals surface area contributed by atoms with Crippen LogP contribution in [0.1, 0.15) is 19.3 Å². The van der Waals surface area contributed by atoms with Gasteiger partial charge in [-0.25, -0.2) is 4.98 Å². The maximum absolute atomic E-state index is 10.9. The Morgan fingerprint density at radius 1 is 1.61 bits per heavy atom. The molecule has 1 fully saturated rings. The number of nitrogens with zero attached hydrogens (tertiary/aromatic N) is 2. The van der Waals surface area contributed by atoms with Crippen LogP contribution < -0.4 is 10.6 Å². The van der Waals surface area contributed by atoms with Gasteiger partial charge in [0.2, 0.25) is 5.82 Å². The topological polar surface area (TPSA) is 80.1 Å². The van der Waals surface area contributed by atoms with Gasteiger partial charge in [0.1, 0.15) is 0 Å². The summed E-state index contributed by atoms with van der Waals surface area (Å²) in [4.78, 5) is 14.4. The highest BCUT2D eigenvalue weighted by Gasteiger charge is 2.18. The van der Waals surface area contributed by atoms with Crippen LogP contribution in [0.5, 0.6) is 0 Å². The summed E-state index contributed by atoms with van der Waals surface area (Å²) in [6.07, 6.45) is 4.87. The van der Waals surface area contributed by atoms with E-state index in [1.165, 1.54) is 25.1 Å². The molecule has 1 aromatic heterocycles. The van der Waals surface area contributed by atoms with Crippen molar-refractivity contribution in [3.8, 4) is 0 Å². The molecular weight excluding hydrogens is 256 g/mol. The first kappa shape index (κ1) is 13.0. The lowest BCUT2D eigenvalue weighted by Gasteiger charge is -2.23. The normalized spacial score (nSPS) is 19.5. The monoisotopic (exact) mass is 270 g/mol. The van der Waals surface area contributed by atoms with Crippen molar-refractivity contribution in [1.29, 1.82) is 0 Å². The molecule has 0 saturated carbocycles. The molecule has 0 bridgehead atoms. The van der Waals surface area contributed by atoms with Crippen molar-refractivity contribution in [2.24, 2.45) is 0 Å². The SMILES string of the molecule is O=[N+]([O-])c1cc(Cl)cnc1NCC1CCCCN1. The van der Waals surface area contributed by atoms with Crippen molar-refractivity contribution in [2.75, 3.05) is 18.4 Å². The Hall–Kier alpha value is -1.40. The molecule has 0 aliphatic carbocycles. The molecule has 1 aromatic rings. The van der Waals surface area contributed by atoms with E-state index < -0.39 is 4.92 Å². The van der Waals surface area contributed by atoms with Crippen molar-refractivity contribution >= 4 is 23.1 Å². The average Bonchev–Trinajstić information content (AvgIpc) is 2.38. The van der Waals surface area contributed by atoms with E-state index in [0.717, 1.165) is 13.0 Å². The first-order valence-corrected chi connectivity index (χ1v) is 6.32. The fourth-order valence-electron chi connectivity index (χ4n) is 2.02. The Kier molecular flexibility index (Phi) is 4.33. The first-order chi connectivity index (χ1) is 8.66. The third-order valence-corrected chi connectivity index (χ3v) is 3.17. The van der Waals surface area contributed by atoms with E-state index in [1.807, 2.05) is 0 Å². The quantitative estimate of drug-likeness (QED) is 0.648. The van der Waals surface area contributed by atoms with E-state index >= 15 is 0 Å². The second-order valence-corrected chi connectivity index (χ2v) is 4.74. The minimum atomic E-state index is -0.477. The molecule has 2 heterocycles. The average molecular weight is 271 g/mol. The second kappa shape index (κ2) is 5.97. The van der Waals surface area contributed by atoms with E-state index in [9.17, 15) is 10.1 Å². The molecule has 0 radical (unpaired) electrons. The van der Waals surface area contributed by atoms with E-state index in [-0.39, 0.29) is 16.5 Å². The number of aromatic nitrogens is 1. The zero-order valence-corrected chi connectivity index (χ0v) is 10.6. The molecule has 1 atom stereocenters. The Morgan fingerprint density at radius 2 is 2.44 bits per heavy atom. The van der Waals surface area contributed by atoms with Crippen LogP contribution in [0.3, 0.4) is 0 Å². The number of anilines is 1. The number of halogens is 1. The van der Waals surface area contributed by atoms with Crippen molar-refractivity contribution in [2.45, 2.75) is 25.3 Å². The summed E-state index contributed by atoms with van der Waals surface area (Å²) in [6, 6.07) is 1.65. The molecule has 7 heteroatoms. The largest absolute Gasteiger partial charge is 0.363 e. The summed E-state index contributed by atoms with van der Waals surface area (Å²) in [6.45, 7) is 1.64. The second-order valence-electron chi connectivity index (χ2n) is 4.31. The molecule has 6 nitrogen and oxygen atoms in total. The molecular formula is C11H15ClN4O2. The summed E-state index contributed by atoms with van der Waals surface area (Å²) in [5.74, 6) is 0.275. The van der Waals surface area contributed by atoms with E-state index in [4.69, 9.17) is 11.6 Å². The van der Waals surface area contributed by atoms with Crippen LogP contribution in [-0.2, 0) is 0 Å². The van der Waals surface area contributed by atoms with Gasteiger partial charge in [-0.3, -0.25) is 10.1 Å². The predicted molar refractivity (Wildman–Crippen MR) is 70.0 cm³/mol. The van der Waals surface area contributed by atoms with Crippen molar-refractivity contribution in [3.05, 3.63) is 27.4 Å². The standard InChI is InChI=1S/C11H15ClN4O2/c12-8-5-10(16(17)18)11(14-6-8)15-7-9-3-1-2-4-13-9/h5-6,9,13H,1-4,7H2,(H,14,15). The van der Waals surface area contributed by atoms with E-state index in [0.29, 0.717) is 12.6 Å². The molecule has 2 rings (SSSR count). The van der Waals surface area contributed by atoms with Crippen LogP contribution in [0, 0.1) is 10.1 Å². The van der Waals surface area contributed by atoms with Gasteiger partial charge in [-0.1, -0.05) is 18.0 Å². The van der Waals surface area contributed by atoms with Gasteiger partial charge in [-0.15, -0.1) is 0 Å². The van der Waals surface area contributed by atoms with Gasteiger partial charge in [0, 0.05) is 24.8 Å². The molecule has 1 unspecified atom stereocenters. The summed E-state index contributed by atoms with van der Waals surface area (Å²) in [5.41, 5.74) is -0.0849. The lowest BCUT2D eigenvalue weighted by molar-refractivity contribution is -0.384. The highest BCUT2D eigenvalue weighted by atomic mass is 35.5. The first-order valence-electron chi connectivity index (χ1n) is 5.94. The number of nitro groups is 1. The third-order valence-electron chi connectivity index (χ3n) is 2.96. The van der Waals surface area contributed by atoms with Crippen molar-refractivity contribution < 1.29 is 4.92 Å². The van der Waals surface area contributed by atoms with Crippen LogP contribution in [-0.4, -0.2) is 29.0 Å². The zero-order valence-electron chi connectivity index (χ0n) is 9.86. The number of hydrogen-bond donors (Lipinski definition) is 2. The van der Waals surface area contributed by atoms with Crippen LogP contribution in [0.15, 0.2) is 12.3 Å². The number of nitrogens with one attached hydrogen (secondary N) is 2. The van der Waals surface area contributed by atoms with Crippen LogP contribution in [0.2, 0.25) is 5.02 Å². The molecule has 1 aliphatic rings. The minimum absolute atomic E-state index is 0.0849. The fourth-order valence-corrected chi connectivity index (χ4v) is 2.17. The van der Waals surface area contributed by atoms with Crippen LogP contribution >= 0.6 is 11.6 Å². The van der Waals surface area contributed by atoms with Gasteiger partial charge >= 0.3 is 5.69 Å². The smallest absolute Gasteiger partial charge is 0.312 e. The highest BCUT2D eigenvalue weighted by molar-refractivity contribution is 6.30. The number of piperidine rings is 1. The molecule has 1 saturated heterocycles. The molecule has 98 valence electrons. The molecule has 1 aliphatic heterocycles.